The number of sulfonamides is 1. The van der Waals surface area contributed by atoms with Crippen LogP contribution in [-0.4, -0.2) is 31.7 Å². The minimum Gasteiger partial charge on any atom is -0.326 e. The van der Waals surface area contributed by atoms with Crippen molar-refractivity contribution in [3.8, 4) is 0 Å². The fourth-order valence-corrected chi connectivity index (χ4v) is 5.77. The smallest absolute Gasteiger partial charge is 0.243 e. The second-order valence-electron chi connectivity index (χ2n) is 7.76. The highest BCUT2D eigenvalue weighted by atomic mass is 32.2. The monoisotopic (exact) mass is 364 g/mol. The number of hydrogen-bond acceptors (Lipinski definition) is 3. The third-order valence-electron chi connectivity index (χ3n) is 5.32. The lowest BCUT2D eigenvalue weighted by Crippen LogP contribution is -2.42. The van der Waals surface area contributed by atoms with Crippen molar-refractivity contribution < 1.29 is 13.2 Å². The third kappa shape index (κ3) is 4.23. The maximum atomic E-state index is 12.9. The minimum atomic E-state index is -3.47. The molecule has 0 radical (unpaired) electrons. The summed E-state index contributed by atoms with van der Waals surface area (Å²) in [5, 5.41) is 2.91. The van der Waals surface area contributed by atoms with E-state index in [-0.39, 0.29) is 11.8 Å². The SMILES string of the molecule is C[C@@H]1C[C@H](C)CN(S(=O)(=O)c2ccc(NC(=O)C3CCCC3)cc2)C1. The van der Waals surface area contributed by atoms with Crippen molar-refractivity contribution in [2.24, 2.45) is 17.8 Å². The van der Waals surface area contributed by atoms with E-state index in [0.717, 1.165) is 32.1 Å². The van der Waals surface area contributed by atoms with Gasteiger partial charge in [-0.1, -0.05) is 26.7 Å². The van der Waals surface area contributed by atoms with Gasteiger partial charge in [-0.05, 0) is 55.4 Å². The molecule has 1 aromatic rings. The predicted molar refractivity (Wildman–Crippen MR) is 98.7 cm³/mol. The molecule has 0 bridgehead atoms. The molecule has 2 atom stereocenters. The highest BCUT2D eigenvalue weighted by Crippen LogP contribution is 2.28. The van der Waals surface area contributed by atoms with Crippen molar-refractivity contribution in [3.63, 3.8) is 0 Å². The van der Waals surface area contributed by atoms with E-state index in [9.17, 15) is 13.2 Å². The predicted octanol–water partition coefficient (Wildman–Crippen LogP) is 3.48. The molecule has 3 rings (SSSR count). The molecule has 25 heavy (non-hydrogen) atoms. The molecule has 1 saturated carbocycles. The number of rotatable bonds is 4. The van der Waals surface area contributed by atoms with Gasteiger partial charge < -0.3 is 5.32 Å². The molecule has 0 spiro atoms. The molecule has 2 aliphatic rings. The number of benzene rings is 1. The van der Waals surface area contributed by atoms with Crippen LogP contribution in [0.3, 0.4) is 0 Å². The van der Waals surface area contributed by atoms with Crippen LogP contribution >= 0.6 is 0 Å². The Morgan fingerprint density at radius 3 is 2.16 bits per heavy atom. The average molecular weight is 365 g/mol. The Balaban J connectivity index is 1.69. The van der Waals surface area contributed by atoms with E-state index in [2.05, 4.69) is 19.2 Å². The van der Waals surface area contributed by atoms with E-state index in [4.69, 9.17) is 0 Å². The van der Waals surface area contributed by atoms with Crippen molar-refractivity contribution in [2.75, 3.05) is 18.4 Å². The number of carbonyl (C=O) groups is 1. The van der Waals surface area contributed by atoms with Gasteiger partial charge in [-0.25, -0.2) is 8.42 Å². The molecule has 0 aromatic heterocycles. The lowest BCUT2D eigenvalue weighted by Gasteiger charge is -2.34. The van der Waals surface area contributed by atoms with E-state index in [0.29, 0.717) is 35.5 Å². The van der Waals surface area contributed by atoms with E-state index in [1.165, 1.54) is 0 Å². The van der Waals surface area contributed by atoms with E-state index < -0.39 is 10.0 Å². The van der Waals surface area contributed by atoms with Gasteiger partial charge in [-0.3, -0.25) is 4.79 Å². The summed E-state index contributed by atoms with van der Waals surface area (Å²) in [7, 11) is -3.47. The van der Waals surface area contributed by atoms with Crippen LogP contribution in [0.5, 0.6) is 0 Å². The zero-order valence-electron chi connectivity index (χ0n) is 15.1. The topological polar surface area (TPSA) is 66.5 Å². The first-order valence-electron chi connectivity index (χ1n) is 9.27. The minimum absolute atomic E-state index is 0.0480. The van der Waals surface area contributed by atoms with Gasteiger partial charge in [0.1, 0.15) is 0 Å². The Hall–Kier alpha value is -1.40. The molecule has 1 saturated heterocycles. The lowest BCUT2D eigenvalue weighted by molar-refractivity contribution is -0.119. The van der Waals surface area contributed by atoms with Crippen LogP contribution in [-0.2, 0) is 14.8 Å². The maximum absolute atomic E-state index is 12.9. The molecule has 5 nitrogen and oxygen atoms in total. The Kier molecular flexibility index (Phi) is 5.49. The summed E-state index contributed by atoms with van der Waals surface area (Å²) in [6, 6.07) is 6.58. The Morgan fingerprint density at radius 1 is 1.04 bits per heavy atom. The summed E-state index contributed by atoms with van der Waals surface area (Å²) in [5.74, 6) is 0.901. The highest BCUT2D eigenvalue weighted by molar-refractivity contribution is 7.89. The molecule has 1 N–H and O–H groups in total. The van der Waals surface area contributed by atoms with Crippen LogP contribution in [0.1, 0.15) is 46.0 Å². The second-order valence-corrected chi connectivity index (χ2v) is 9.70. The first kappa shape index (κ1) is 18.4. The highest BCUT2D eigenvalue weighted by Gasteiger charge is 2.31. The number of nitrogens with one attached hydrogen (secondary N) is 1. The van der Waals surface area contributed by atoms with Gasteiger partial charge in [0.05, 0.1) is 4.90 Å². The third-order valence-corrected chi connectivity index (χ3v) is 7.17. The summed E-state index contributed by atoms with van der Waals surface area (Å²) < 4.78 is 27.3. The number of nitrogens with zero attached hydrogens (tertiary/aromatic N) is 1. The van der Waals surface area contributed by atoms with Gasteiger partial charge >= 0.3 is 0 Å². The second kappa shape index (κ2) is 7.46. The molecule has 1 heterocycles. The van der Waals surface area contributed by atoms with Crippen LogP contribution in [0, 0.1) is 17.8 Å². The fraction of sp³-hybridized carbons (Fsp3) is 0.632. The van der Waals surface area contributed by atoms with Crippen molar-refractivity contribution >= 4 is 21.6 Å². The van der Waals surface area contributed by atoms with Gasteiger partial charge in [0, 0.05) is 24.7 Å². The number of amides is 1. The van der Waals surface area contributed by atoms with Gasteiger partial charge in [-0.2, -0.15) is 4.31 Å². The standard InChI is InChI=1S/C19H28N2O3S/c1-14-11-15(2)13-21(12-14)25(23,24)18-9-7-17(8-10-18)20-19(22)16-5-3-4-6-16/h7-10,14-16H,3-6,11-13H2,1-2H3,(H,20,22)/t14-,15+. The largest absolute Gasteiger partial charge is 0.326 e. The fourth-order valence-electron chi connectivity index (χ4n) is 4.09. The molecule has 0 unspecified atom stereocenters. The summed E-state index contributed by atoms with van der Waals surface area (Å²) in [6.07, 6.45) is 5.19. The van der Waals surface area contributed by atoms with Crippen molar-refractivity contribution in [1.29, 1.82) is 0 Å². The zero-order chi connectivity index (χ0) is 18.0. The van der Waals surface area contributed by atoms with Gasteiger partial charge in [0.25, 0.3) is 0 Å². The number of hydrogen-bond donors (Lipinski definition) is 1. The Morgan fingerprint density at radius 2 is 1.60 bits per heavy atom. The van der Waals surface area contributed by atoms with Gasteiger partial charge in [0.2, 0.25) is 15.9 Å². The number of anilines is 1. The molecule has 1 aliphatic carbocycles. The Labute approximate surface area is 150 Å². The quantitative estimate of drug-likeness (QED) is 0.889. The first-order chi connectivity index (χ1) is 11.9. The Bertz CT molecular complexity index is 699. The molecular formula is C19H28N2O3S. The van der Waals surface area contributed by atoms with Crippen LogP contribution in [0.4, 0.5) is 5.69 Å². The van der Waals surface area contributed by atoms with Gasteiger partial charge in [0.15, 0.2) is 0 Å². The number of piperidine rings is 1. The van der Waals surface area contributed by atoms with Crippen LogP contribution in [0.25, 0.3) is 0 Å². The molecule has 6 heteroatoms. The van der Waals surface area contributed by atoms with Crippen molar-refractivity contribution in [2.45, 2.75) is 50.8 Å². The summed E-state index contributed by atoms with van der Waals surface area (Å²) in [5.41, 5.74) is 0.663. The normalized spacial score (nSPS) is 25.8. The van der Waals surface area contributed by atoms with Crippen LogP contribution in [0.2, 0.25) is 0 Å². The summed E-state index contributed by atoms with van der Waals surface area (Å²) in [4.78, 5) is 12.5. The summed E-state index contributed by atoms with van der Waals surface area (Å²) >= 11 is 0. The number of carbonyl (C=O) groups excluding carboxylic acids is 1. The molecule has 1 amide bonds. The first-order valence-corrected chi connectivity index (χ1v) is 10.7. The van der Waals surface area contributed by atoms with Crippen LogP contribution < -0.4 is 5.32 Å². The molecule has 2 fully saturated rings. The van der Waals surface area contributed by atoms with Crippen molar-refractivity contribution in [3.05, 3.63) is 24.3 Å². The molecule has 1 aliphatic heterocycles. The van der Waals surface area contributed by atoms with Gasteiger partial charge in [-0.15, -0.1) is 0 Å². The summed E-state index contributed by atoms with van der Waals surface area (Å²) in [6.45, 7) is 5.35. The van der Waals surface area contributed by atoms with E-state index in [1.807, 2.05) is 0 Å². The van der Waals surface area contributed by atoms with Crippen molar-refractivity contribution in [1.82, 2.24) is 4.31 Å². The zero-order valence-corrected chi connectivity index (χ0v) is 15.9. The van der Waals surface area contributed by atoms with E-state index >= 15 is 0 Å². The lowest BCUT2D eigenvalue weighted by atomic mass is 9.94. The van der Waals surface area contributed by atoms with Crippen LogP contribution in [0.15, 0.2) is 29.2 Å². The molecule has 138 valence electrons. The maximum Gasteiger partial charge on any atom is 0.243 e. The van der Waals surface area contributed by atoms with E-state index in [1.54, 1.807) is 28.6 Å². The molecular weight excluding hydrogens is 336 g/mol. The molecule has 1 aromatic carbocycles. The average Bonchev–Trinajstić information content (AvgIpc) is 3.09.